The van der Waals surface area contributed by atoms with E-state index < -0.39 is 11.2 Å². The second-order valence-electron chi connectivity index (χ2n) is 5.44. The molecule has 1 aromatic rings. The molecule has 1 rings (SSSR count). The van der Waals surface area contributed by atoms with Crippen molar-refractivity contribution in [2.45, 2.75) is 45.8 Å². The molecule has 0 aromatic heterocycles. The molecule has 2 N–H and O–H groups in total. The van der Waals surface area contributed by atoms with Crippen molar-refractivity contribution in [1.29, 1.82) is 0 Å². The topological polar surface area (TPSA) is 40.5 Å². The summed E-state index contributed by atoms with van der Waals surface area (Å²) in [5, 5.41) is 20.1. The molecule has 1 unspecified atom stereocenters. The molecular weight excluding hydrogens is 200 g/mol. The van der Waals surface area contributed by atoms with E-state index in [1.807, 2.05) is 45.0 Å². The minimum atomic E-state index is -0.831. The van der Waals surface area contributed by atoms with Crippen LogP contribution < -0.4 is 0 Å². The summed E-state index contributed by atoms with van der Waals surface area (Å²) in [5.41, 5.74) is 0.0895. The molecule has 2 nitrogen and oxygen atoms in total. The van der Waals surface area contributed by atoms with Crippen LogP contribution in [0.15, 0.2) is 24.3 Å². The highest BCUT2D eigenvalue weighted by molar-refractivity contribution is 5.29. The van der Waals surface area contributed by atoms with Gasteiger partial charge in [-0.05, 0) is 37.8 Å². The normalized spacial score (nSPS) is 16.2. The fourth-order valence-corrected chi connectivity index (χ4v) is 1.55. The lowest BCUT2D eigenvalue weighted by molar-refractivity contribution is 0.00885. The summed E-state index contributed by atoms with van der Waals surface area (Å²) in [6.07, 6.45) is 0. The average molecular weight is 222 g/mol. The van der Waals surface area contributed by atoms with Gasteiger partial charge in [0.25, 0.3) is 0 Å². The summed E-state index contributed by atoms with van der Waals surface area (Å²) in [6, 6.07) is 7.50. The van der Waals surface area contributed by atoms with Crippen molar-refractivity contribution in [3.8, 4) is 0 Å². The summed E-state index contributed by atoms with van der Waals surface area (Å²) in [4.78, 5) is 0. The summed E-state index contributed by atoms with van der Waals surface area (Å²) in [6.45, 7) is 9.30. The largest absolute Gasteiger partial charge is 0.386 e. The van der Waals surface area contributed by atoms with Crippen molar-refractivity contribution < 1.29 is 10.2 Å². The summed E-state index contributed by atoms with van der Waals surface area (Å²) >= 11 is 0. The maximum atomic E-state index is 10.3. The van der Waals surface area contributed by atoms with Crippen molar-refractivity contribution in [3.63, 3.8) is 0 Å². The number of hydrogen-bond acceptors (Lipinski definition) is 2. The second kappa shape index (κ2) is 4.19. The molecule has 1 aromatic carbocycles. The van der Waals surface area contributed by atoms with E-state index in [0.717, 1.165) is 11.1 Å². The van der Waals surface area contributed by atoms with Gasteiger partial charge >= 0.3 is 0 Å². The first-order valence-electron chi connectivity index (χ1n) is 5.71. The predicted octanol–water partition coefficient (Wildman–Crippen LogP) is 2.78. The molecule has 1 atom stereocenters. The third-order valence-corrected chi connectivity index (χ3v) is 3.30. The van der Waals surface area contributed by atoms with Gasteiger partial charge in [0.2, 0.25) is 0 Å². The molecule has 0 amide bonds. The van der Waals surface area contributed by atoms with Gasteiger partial charge in [0.05, 0.1) is 11.2 Å². The van der Waals surface area contributed by atoms with Gasteiger partial charge in [-0.1, -0.05) is 38.1 Å². The van der Waals surface area contributed by atoms with Crippen molar-refractivity contribution >= 4 is 0 Å². The average Bonchev–Trinajstić information content (AvgIpc) is 2.16. The maximum absolute atomic E-state index is 10.3. The van der Waals surface area contributed by atoms with Gasteiger partial charge < -0.3 is 10.2 Å². The zero-order chi connectivity index (χ0) is 12.6. The Morgan fingerprint density at radius 2 is 1.25 bits per heavy atom. The van der Waals surface area contributed by atoms with E-state index in [1.165, 1.54) is 0 Å². The van der Waals surface area contributed by atoms with E-state index >= 15 is 0 Å². The van der Waals surface area contributed by atoms with Crippen LogP contribution in [0.5, 0.6) is 0 Å². The molecule has 0 bridgehead atoms. The first-order valence-corrected chi connectivity index (χ1v) is 5.71. The van der Waals surface area contributed by atoms with E-state index in [4.69, 9.17) is 0 Å². The fraction of sp³-hybridized carbons (Fsp3) is 0.571. The van der Waals surface area contributed by atoms with Crippen LogP contribution in [-0.4, -0.2) is 10.2 Å². The Bertz CT molecular complexity index is 342. The third kappa shape index (κ3) is 2.63. The monoisotopic (exact) mass is 222 g/mol. The highest BCUT2D eigenvalue weighted by atomic mass is 16.3. The molecular formula is C14H22O2. The van der Waals surface area contributed by atoms with Crippen LogP contribution in [-0.2, 0) is 11.2 Å². The summed E-state index contributed by atoms with van der Waals surface area (Å²) in [5.74, 6) is 0.153. The molecule has 0 saturated carbocycles. The Morgan fingerprint density at radius 3 is 1.56 bits per heavy atom. The zero-order valence-electron chi connectivity index (χ0n) is 10.8. The Morgan fingerprint density at radius 1 is 0.875 bits per heavy atom. The fourth-order valence-electron chi connectivity index (χ4n) is 1.55. The maximum Gasteiger partial charge on any atom is 0.0891 e. The molecule has 0 aliphatic heterocycles. The number of benzene rings is 1. The van der Waals surface area contributed by atoms with Crippen molar-refractivity contribution in [1.82, 2.24) is 0 Å². The molecule has 0 saturated heterocycles. The van der Waals surface area contributed by atoms with Gasteiger partial charge in [0, 0.05) is 0 Å². The Balaban J connectivity index is 3.05. The molecule has 0 radical (unpaired) electrons. The van der Waals surface area contributed by atoms with E-state index in [2.05, 4.69) is 0 Å². The van der Waals surface area contributed by atoms with Crippen LogP contribution in [0.1, 0.15) is 45.7 Å². The van der Waals surface area contributed by atoms with Gasteiger partial charge in [-0.15, -0.1) is 0 Å². The first kappa shape index (κ1) is 13.2. The minimum Gasteiger partial charge on any atom is -0.386 e. The van der Waals surface area contributed by atoms with Crippen LogP contribution in [0.3, 0.4) is 0 Å². The van der Waals surface area contributed by atoms with Crippen LogP contribution in [0.2, 0.25) is 0 Å². The Kier molecular flexibility index (Phi) is 3.46. The second-order valence-corrected chi connectivity index (χ2v) is 5.44. The van der Waals surface area contributed by atoms with E-state index in [-0.39, 0.29) is 5.92 Å². The molecule has 90 valence electrons. The molecule has 16 heavy (non-hydrogen) atoms. The summed E-state index contributed by atoms with van der Waals surface area (Å²) < 4.78 is 0. The lowest BCUT2D eigenvalue weighted by Crippen LogP contribution is -2.28. The van der Waals surface area contributed by atoms with E-state index in [0.29, 0.717) is 0 Å². The molecule has 2 heteroatoms. The lowest BCUT2D eigenvalue weighted by Gasteiger charge is -2.29. The number of rotatable bonds is 3. The van der Waals surface area contributed by atoms with Crippen LogP contribution in [0.25, 0.3) is 0 Å². The highest BCUT2D eigenvalue weighted by Crippen LogP contribution is 2.30. The smallest absolute Gasteiger partial charge is 0.0891 e. The molecule has 0 spiro atoms. The zero-order valence-corrected chi connectivity index (χ0v) is 10.8. The van der Waals surface area contributed by atoms with E-state index in [9.17, 15) is 10.2 Å². The number of hydrogen-bond donors (Lipinski definition) is 2. The van der Waals surface area contributed by atoms with Gasteiger partial charge in [-0.25, -0.2) is 0 Å². The van der Waals surface area contributed by atoms with Crippen molar-refractivity contribution in [2.24, 2.45) is 5.92 Å². The van der Waals surface area contributed by atoms with Gasteiger partial charge in [-0.2, -0.15) is 0 Å². The molecule has 0 aliphatic carbocycles. The third-order valence-electron chi connectivity index (χ3n) is 3.30. The lowest BCUT2D eigenvalue weighted by atomic mass is 9.84. The highest BCUT2D eigenvalue weighted by Gasteiger charge is 2.27. The molecule has 0 fully saturated rings. The molecule has 0 aliphatic rings. The van der Waals surface area contributed by atoms with Crippen molar-refractivity contribution in [3.05, 3.63) is 35.4 Å². The van der Waals surface area contributed by atoms with Crippen LogP contribution in [0.4, 0.5) is 0 Å². The van der Waals surface area contributed by atoms with Crippen molar-refractivity contribution in [2.75, 3.05) is 0 Å². The van der Waals surface area contributed by atoms with Gasteiger partial charge in [0.1, 0.15) is 0 Å². The number of aliphatic hydroxyl groups is 2. The first-order chi connectivity index (χ1) is 7.15. The summed E-state index contributed by atoms with van der Waals surface area (Å²) in [7, 11) is 0. The Labute approximate surface area is 97.9 Å². The van der Waals surface area contributed by atoms with Gasteiger partial charge in [0.15, 0.2) is 0 Å². The minimum absolute atomic E-state index is 0.153. The van der Waals surface area contributed by atoms with Crippen LogP contribution in [0, 0.1) is 5.92 Å². The standard InChI is InChI=1S/C14H22O2/c1-10(2)14(5,16)12-8-6-11(7-9-12)13(3,4)15/h6-10,15-16H,1-5H3. The Hall–Kier alpha value is -0.860. The SMILES string of the molecule is CC(C)C(C)(O)c1ccc(C(C)(C)O)cc1. The van der Waals surface area contributed by atoms with Gasteiger partial charge in [-0.3, -0.25) is 0 Å². The van der Waals surface area contributed by atoms with Crippen LogP contribution >= 0.6 is 0 Å². The van der Waals surface area contributed by atoms with E-state index in [1.54, 1.807) is 13.8 Å². The quantitative estimate of drug-likeness (QED) is 0.825. The molecule has 0 heterocycles. The predicted molar refractivity (Wildman–Crippen MR) is 66.1 cm³/mol.